The molecule has 0 unspecified atom stereocenters. The van der Waals surface area contributed by atoms with Crippen molar-refractivity contribution in [2.75, 3.05) is 5.32 Å². The van der Waals surface area contributed by atoms with Crippen LogP contribution in [0.1, 0.15) is 54.8 Å². The highest BCUT2D eigenvalue weighted by Crippen LogP contribution is 2.51. The van der Waals surface area contributed by atoms with E-state index >= 15 is 0 Å². The summed E-state index contributed by atoms with van der Waals surface area (Å²) in [7, 11) is 0. The molecule has 118 valence electrons. The smallest absolute Gasteiger partial charge is 0.0554 e. The molecule has 23 heavy (non-hydrogen) atoms. The van der Waals surface area contributed by atoms with Crippen molar-refractivity contribution in [3.63, 3.8) is 0 Å². The Morgan fingerprint density at radius 1 is 1.09 bits per heavy atom. The lowest BCUT2D eigenvalue weighted by molar-refractivity contribution is 0.424. The Labute approximate surface area is 143 Å². The molecule has 0 saturated carbocycles. The van der Waals surface area contributed by atoms with Crippen LogP contribution in [0.2, 0.25) is 5.02 Å². The minimum atomic E-state index is 0.347. The van der Waals surface area contributed by atoms with Crippen molar-refractivity contribution in [3.05, 3.63) is 76.3 Å². The van der Waals surface area contributed by atoms with Gasteiger partial charge in [-0.1, -0.05) is 67.9 Å². The quantitative estimate of drug-likeness (QED) is 0.640. The van der Waals surface area contributed by atoms with Crippen LogP contribution in [0, 0.1) is 5.92 Å². The van der Waals surface area contributed by atoms with Crippen LogP contribution in [-0.2, 0) is 0 Å². The van der Waals surface area contributed by atoms with Crippen LogP contribution in [0.15, 0.2) is 54.6 Å². The number of benzene rings is 2. The molecule has 0 bridgehead atoms. The van der Waals surface area contributed by atoms with Gasteiger partial charge in [0.1, 0.15) is 0 Å². The summed E-state index contributed by atoms with van der Waals surface area (Å²) in [6.45, 7) is 4.54. The predicted octanol–water partition coefficient (Wildman–Crippen LogP) is 6.29. The first-order chi connectivity index (χ1) is 11.1. The third kappa shape index (κ3) is 2.48. The van der Waals surface area contributed by atoms with E-state index in [1.54, 1.807) is 0 Å². The molecule has 1 N–H and O–H groups in total. The molecule has 2 aliphatic rings. The molecule has 1 heterocycles. The van der Waals surface area contributed by atoms with Crippen molar-refractivity contribution in [3.8, 4) is 0 Å². The molecule has 3 atom stereocenters. The Morgan fingerprint density at radius 3 is 2.61 bits per heavy atom. The Hall–Kier alpha value is -1.73. The van der Waals surface area contributed by atoms with E-state index < -0.39 is 0 Å². The lowest BCUT2D eigenvalue weighted by Gasteiger charge is -2.39. The summed E-state index contributed by atoms with van der Waals surface area (Å²) in [6.07, 6.45) is 5.88. The van der Waals surface area contributed by atoms with Gasteiger partial charge >= 0.3 is 0 Å². The van der Waals surface area contributed by atoms with E-state index in [0.717, 1.165) is 11.4 Å². The summed E-state index contributed by atoms with van der Waals surface area (Å²) in [5, 5.41) is 4.67. The summed E-state index contributed by atoms with van der Waals surface area (Å²) in [5.74, 6) is 1.63. The zero-order chi connectivity index (χ0) is 16.0. The SMILES string of the molecule is CC(C)c1cccc2c1N[C@H](c1ccc(Cl)cc1)[C@H]1CC=C[C@@H]21. The zero-order valence-electron chi connectivity index (χ0n) is 13.6. The van der Waals surface area contributed by atoms with E-state index in [-0.39, 0.29) is 0 Å². The van der Waals surface area contributed by atoms with Gasteiger partial charge in [0.15, 0.2) is 0 Å². The van der Waals surface area contributed by atoms with Gasteiger partial charge in [0.05, 0.1) is 6.04 Å². The maximum Gasteiger partial charge on any atom is 0.0554 e. The van der Waals surface area contributed by atoms with E-state index in [4.69, 9.17) is 11.6 Å². The zero-order valence-corrected chi connectivity index (χ0v) is 14.3. The largest absolute Gasteiger partial charge is 0.377 e. The maximum absolute atomic E-state index is 6.08. The van der Waals surface area contributed by atoms with Gasteiger partial charge in [0, 0.05) is 16.6 Å². The number of para-hydroxylation sites is 1. The van der Waals surface area contributed by atoms with Crippen LogP contribution in [0.3, 0.4) is 0 Å². The standard InChI is InChI=1S/C21H22ClN/c1-13(2)16-5-3-8-19-17-6-4-7-18(17)20(23-21(16)19)14-9-11-15(22)12-10-14/h3-6,8-13,17-18,20,23H,7H2,1-2H3/t17-,18+,20-/m1/s1. The van der Waals surface area contributed by atoms with Crippen LogP contribution < -0.4 is 5.32 Å². The average Bonchev–Trinajstić information content (AvgIpc) is 3.04. The van der Waals surface area contributed by atoms with E-state index in [1.807, 2.05) is 12.1 Å². The molecule has 0 saturated heterocycles. The molecular formula is C21H22ClN. The van der Waals surface area contributed by atoms with Gasteiger partial charge in [-0.05, 0) is 47.1 Å². The maximum atomic E-state index is 6.08. The molecule has 0 amide bonds. The fourth-order valence-electron chi connectivity index (χ4n) is 4.13. The number of anilines is 1. The number of hydrogen-bond donors (Lipinski definition) is 1. The van der Waals surface area contributed by atoms with Crippen molar-refractivity contribution in [1.82, 2.24) is 0 Å². The van der Waals surface area contributed by atoms with E-state index in [0.29, 0.717) is 23.8 Å². The van der Waals surface area contributed by atoms with Crippen LogP contribution in [0.5, 0.6) is 0 Å². The second-order valence-electron chi connectivity index (χ2n) is 6.99. The second kappa shape index (κ2) is 5.72. The Morgan fingerprint density at radius 2 is 1.87 bits per heavy atom. The van der Waals surface area contributed by atoms with Gasteiger partial charge in [-0.3, -0.25) is 0 Å². The highest BCUT2D eigenvalue weighted by Gasteiger charge is 2.38. The van der Waals surface area contributed by atoms with Crippen molar-refractivity contribution < 1.29 is 0 Å². The summed E-state index contributed by atoms with van der Waals surface area (Å²) in [4.78, 5) is 0. The Kier molecular flexibility index (Phi) is 3.69. The fraction of sp³-hybridized carbons (Fsp3) is 0.333. The number of hydrogen-bond acceptors (Lipinski definition) is 1. The summed E-state index contributed by atoms with van der Waals surface area (Å²) in [6, 6.07) is 15.4. The van der Waals surface area contributed by atoms with Gasteiger partial charge < -0.3 is 5.32 Å². The molecule has 0 spiro atoms. The molecular weight excluding hydrogens is 302 g/mol. The van der Waals surface area contributed by atoms with Crippen molar-refractivity contribution in [2.45, 2.75) is 38.1 Å². The van der Waals surface area contributed by atoms with Gasteiger partial charge in [0.2, 0.25) is 0 Å². The average molecular weight is 324 g/mol. The third-order valence-corrected chi connectivity index (χ3v) is 5.53. The molecule has 4 rings (SSSR count). The predicted molar refractivity (Wildman–Crippen MR) is 98.3 cm³/mol. The Bertz CT molecular complexity index is 745. The summed E-state index contributed by atoms with van der Waals surface area (Å²) >= 11 is 6.08. The minimum Gasteiger partial charge on any atom is -0.377 e. The first-order valence-corrected chi connectivity index (χ1v) is 8.84. The number of rotatable bonds is 2. The number of fused-ring (bicyclic) bond motifs is 3. The first-order valence-electron chi connectivity index (χ1n) is 8.46. The second-order valence-corrected chi connectivity index (χ2v) is 7.43. The number of nitrogens with one attached hydrogen (secondary N) is 1. The molecule has 1 aliphatic carbocycles. The molecule has 1 nitrogen and oxygen atoms in total. The minimum absolute atomic E-state index is 0.347. The van der Waals surface area contributed by atoms with E-state index in [9.17, 15) is 0 Å². The highest BCUT2D eigenvalue weighted by molar-refractivity contribution is 6.30. The highest BCUT2D eigenvalue weighted by atomic mass is 35.5. The molecule has 2 heteroatoms. The van der Waals surface area contributed by atoms with Crippen LogP contribution >= 0.6 is 11.6 Å². The molecule has 2 aromatic carbocycles. The third-order valence-electron chi connectivity index (χ3n) is 5.28. The van der Waals surface area contributed by atoms with Crippen molar-refractivity contribution in [2.24, 2.45) is 5.92 Å². The van der Waals surface area contributed by atoms with Crippen molar-refractivity contribution >= 4 is 17.3 Å². The van der Waals surface area contributed by atoms with Gasteiger partial charge in [-0.25, -0.2) is 0 Å². The van der Waals surface area contributed by atoms with E-state index in [2.05, 4.69) is 61.6 Å². The van der Waals surface area contributed by atoms with Crippen LogP contribution in [0.4, 0.5) is 5.69 Å². The van der Waals surface area contributed by atoms with Gasteiger partial charge in [0.25, 0.3) is 0 Å². The fourth-order valence-corrected chi connectivity index (χ4v) is 4.25. The number of halogens is 1. The molecule has 1 aliphatic heterocycles. The Balaban J connectivity index is 1.82. The number of allylic oxidation sites excluding steroid dienone is 2. The van der Waals surface area contributed by atoms with Crippen LogP contribution in [0.25, 0.3) is 0 Å². The van der Waals surface area contributed by atoms with Gasteiger partial charge in [-0.2, -0.15) is 0 Å². The normalized spacial score (nSPS) is 25.1. The summed E-state index contributed by atoms with van der Waals surface area (Å²) in [5.41, 5.74) is 5.55. The van der Waals surface area contributed by atoms with E-state index in [1.165, 1.54) is 22.4 Å². The lowest BCUT2D eigenvalue weighted by atomic mass is 9.75. The molecule has 0 aromatic heterocycles. The monoisotopic (exact) mass is 323 g/mol. The van der Waals surface area contributed by atoms with Crippen molar-refractivity contribution in [1.29, 1.82) is 0 Å². The summed E-state index contributed by atoms with van der Waals surface area (Å²) < 4.78 is 0. The lowest BCUT2D eigenvalue weighted by Crippen LogP contribution is -2.29. The molecule has 0 fully saturated rings. The topological polar surface area (TPSA) is 12.0 Å². The van der Waals surface area contributed by atoms with Gasteiger partial charge in [-0.15, -0.1) is 0 Å². The molecule has 0 radical (unpaired) electrons. The molecule has 2 aromatic rings. The van der Waals surface area contributed by atoms with Crippen LogP contribution in [-0.4, -0.2) is 0 Å². The first kappa shape index (κ1) is 14.8.